The van der Waals surface area contributed by atoms with Crippen molar-refractivity contribution in [1.82, 2.24) is 14.9 Å². The first-order chi connectivity index (χ1) is 15.2. The maximum Gasteiger partial charge on any atom is 0.255 e. The largest absolute Gasteiger partial charge is 0.399 e. The predicted molar refractivity (Wildman–Crippen MR) is 125 cm³/mol. The van der Waals surface area contributed by atoms with Crippen LogP contribution in [0, 0.1) is 0 Å². The second-order valence-electron chi connectivity index (χ2n) is 8.64. The molecule has 3 N–H and O–H groups in total. The van der Waals surface area contributed by atoms with Crippen LogP contribution in [0.1, 0.15) is 36.1 Å². The summed E-state index contributed by atoms with van der Waals surface area (Å²) in [6.07, 6.45) is 4.71. The second-order valence-corrected chi connectivity index (χ2v) is 8.64. The van der Waals surface area contributed by atoms with Crippen molar-refractivity contribution in [1.29, 1.82) is 0 Å². The normalized spacial score (nSPS) is 16.8. The Morgan fingerprint density at radius 2 is 1.68 bits per heavy atom. The standard InChI is InChI=1S/C25H29N5O/c26-20-8-6-19(7-9-20)24-27-23-12-15-29(17-22(23)25(31)28-24)16-18-4-10-21(11-5-18)30-13-2-1-3-14-30/h4-11H,1-3,12-17,26H2,(H,27,28,31). The van der Waals surface area contributed by atoms with E-state index in [-0.39, 0.29) is 5.56 Å². The van der Waals surface area contributed by atoms with Crippen molar-refractivity contribution >= 4 is 11.4 Å². The number of nitrogens with two attached hydrogens (primary N) is 1. The SMILES string of the molecule is Nc1ccc(-c2nc3c(c(=O)[nH]2)CN(Cc2ccc(N4CCCCC4)cc2)CC3)cc1. The van der Waals surface area contributed by atoms with Gasteiger partial charge in [-0.25, -0.2) is 4.98 Å². The van der Waals surface area contributed by atoms with E-state index in [0.717, 1.165) is 49.4 Å². The Kier molecular flexibility index (Phi) is 5.47. The number of rotatable bonds is 4. The molecule has 160 valence electrons. The van der Waals surface area contributed by atoms with E-state index < -0.39 is 0 Å². The first-order valence-corrected chi connectivity index (χ1v) is 11.2. The number of hydrogen-bond acceptors (Lipinski definition) is 5. The summed E-state index contributed by atoms with van der Waals surface area (Å²) in [4.78, 5) is 25.3. The van der Waals surface area contributed by atoms with Crippen LogP contribution in [0.5, 0.6) is 0 Å². The van der Waals surface area contributed by atoms with Crippen molar-refractivity contribution in [3.05, 3.63) is 75.7 Å². The van der Waals surface area contributed by atoms with E-state index in [0.29, 0.717) is 18.1 Å². The van der Waals surface area contributed by atoms with E-state index in [9.17, 15) is 4.79 Å². The Morgan fingerprint density at radius 1 is 0.935 bits per heavy atom. The molecule has 3 heterocycles. The van der Waals surface area contributed by atoms with Crippen molar-refractivity contribution in [2.24, 2.45) is 0 Å². The minimum Gasteiger partial charge on any atom is -0.399 e. The Balaban J connectivity index is 1.28. The van der Waals surface area contributed by atoms with E-state index in [1.165, 1.54) is 30.5 Å². The van der Waals surface area contributed by atoms with Crippen LogP contribution in [0.2, 0.25) is 0 Å². The highest BCUT2D eigenvalue weighted by Gasteiger charge is 2.22. The van der Waals surface area contributed by atoms with E-state index in [1.54, 1.807) is 0 Å². The monoisotopic (exact) mass is 415 g/mol. The van der Waals surface area contributed by atoms with Crippen molar-refractivity contribution in [2.45, 2.75) is 38.8 Å². The number of aromatic amines is 1. The molecule has 6 heteroatoms. The summed E-state index contributed by atoms with van der Waals surface area (Å²) < 4.78 is 0. The molecule has 5 rings (SSSR count). The summed E-state index contributed by atoms with van der Waals surface area (Å²) in [6, 6.07) is 16.4. The van der Waals surface area contributed by atoms with Crippen LogP contribution in [-0.2, 0) is 19.5 Å². The van der Waals surface area contributed by atoms with Crippen LogP contribution < -0.4 is 16.2 Å². The third-order valence-corrected chi connectivity index (χ3v) is 6.40. The molecule has 0 unspecified atom stereocenters. The minimum absolute atomic E-state index is 0.0398. The van der Waals surface area contributed by atoms with Crippen LogP contribution >= 0.6 is 0 Å². The molecule has 31 heavy (non-hydrogen) atoms. The lowest BCUT2D eigenvalue weighted by Crippen LogP contribution is -2.35. The van der Waals surface area contributed by atoms with Gasteiger partial charge >= 0.3 is 0 Å². The van der Waals surface area contributed by atoms with Gasteiger partial charge in [-0.05, 0) is 61.2 Å². The molecule has 0 atom stereocenters. The Morgan fingerprint density at radius 3 is 2.42 bits per heavy atom. The van der Waals surface area contributed by atoms with Gasteiger partial charge in [0.15, 0.2) is 0 Å². The molecule has 0 amide bonds. The van der Waals surface area contributed by atoms with Crippen molar-refractivity contribution in [3.63, 3.8) is 0 Å². The van der Waals surface area contributed by atoms with Gasteiger partial charge in [0.05, 0.1) is 11.3 Å². The quantitative estimate of drug-likeness (QED) is 0.637. The highest BCUT2D eigenvalue weighted by molar-refractivity contribution is 5.58. The topological polar surface area (TPSA) is 78.2 Å². The lowest BCUT2D eigenvalue weighted by molar-refractivity contribution is 0.242. The lowest BCUT2D eigenvalue weighted by Gasteiger charge is -2.30. The summed E-state index contributed by atoms with van der Waals surface area (Å²) in [7, 11) is 0. The first kappa shape index (κ1) is 19.8. The third-order valence-electron chi connectivity index (χ3n) is 6.40. The molecular weight excluding hydrogens is 386 g/mol. The summed E-state index contributed by atoms with van der Waals surface area (Å²) in [6.45, 7) is 4.71. The molecule has 2 aliphatic heterocycles. The average molecular weight is 416 g/mol. The van der Waals surface area contributed by atoms with Crippen molar-refractivity contribution in [2.75, 3.05) is 30.3 Å². The van der Waals surface area contributed by atoms with Crippen LogP contribution in [0.3, 0.4) is 0 Å². The van der Waals surface area contributed by atoms with Gasteiger partial charge in [0.25, 0.3) is 5.56 Å². The Hall–Kier alpha value is -3.12. The molecular formula is C25H29N5O. The van der Waals surface area contributed by atoms with Crippen LogP contribution in [0.25, 0.3) is 11.4 Å². The molecule has 0 aliphatic carbocycles. The maximum atomic E-state index is 12.8. The van der Waals surface area contributed by atoms with Crippen molar-refractivity contribution in [3.8, 4) is 11.4 Å². The van der Waals surface area contributed by atoms with Gasteiger partial charge in [0.2, 0.25) is 0 Å². The average Bonchev–Trinajstić information content (AvgIpc) is 2.81. The van der Waals surface area contributed by atoms with Crippen LogP contribution in [0.15, 0.2) is 53.3 Å². The van der Waals surface area contributed by atoms with Gasteiger partial charge in [-0.1, -0.05) is 12.1 Å². The molecule has 2 aliphatic rings. The molecule has 0 bridgehead atoms. The highest BCUT2D eigenvalue weighted by Crippen LogP contribution is 2.23. The number of hydrogen-bond donors (Lipinski definition) is 2. The highest BCUT2D eigenvalue weighted by atomic mass is 16.1. The Bertz CT molecular complexity index is 1100. The summed E-state index contributed by atoms with van der Waals surface area (Å²) in [5.74, 6) is 0.616. The number of nitrogen functional groups attached to an aromatic ring is 1. The molecule has 2 aromatic carbocycles. The van der Waals surface area contributed by atoms with Gasteiger partial charge in [0.1, 0.15) is 5.82 Å². The molecule has 0 spiro atoms. The Labute approximate surface area is 182 Å². The minimum atomic E-state index is -0.0398. The third kappa shape index (κ3) is 4.35. The van der Waals surface area contributed by atoms with Gasteiger partial charge in [-0.3, -0.25) is 9.69 Å². The predicted octanol–water partition coefficient (Wildman–Crippen LogP) is 3.57. The molecule has 3 aromatic rings. The second kappa shape index (κ2) is 8.55. The fourth-order valence-electron chi connectivity index (χ4n) is 4.62. The number of anilines is 2. The molecule has 0 saturated carbocycles. The summed E-state index contributed by atoms with van der Waals surface area (Å²) >= 11 is 0. The number of fused-ring (bicyclic) bond motifs is 1. The van der Waals surface area contributed by atoms with Gasteiger partial charge < -0.3 is 15.6 Å². The zero-order valence-electron chi connectivity index (χ0n) is 17.8. The fraction of sp³-hybridized carbons (Fsp3) is 0.360. The maximum absolute atomic E-state index is 12.8. The zero-order chi connectivity index (χ0) is 21.2. The van der Waals surface area contributed by atoms with Crippen LogP contribution in [-0.4, -0.2) is 34.5 Å². The molecule has 1 aromatic heterocycles. The fourth-order valence-corrected chi connectivity index (χ4v) is 4.62. The molecule has 6 nitrogen and oxygen atoms in total. The number of nitrogens with one attached hydrogen (secondary N) is 1. The number of aromatic nitrogens is 2. The number of piperidine rings is 1. The van der Waals surface area contributed by atoms with Gasteiger partial charge in [0, 0.05) is 56.1 Å². The number of benzene rings is 2. The lowest BCUT2D eigenvalue weighted by atomic mass is 10.0. The smallest absolute Gasteiger partial charge is 0.255 e. The number of nitrogens with zero attached hydrogens (tertiary/aromatic N) is 3. The first-order valence-electron chi connectivity index (χ1n) is 11.2. The van der Waals surface area contributed by atoms with E-state index >= 15 is 0 Å². The molecule has 1 saturated heterocycles. The molecule has 0 radical (unpaired) electrons. The molecule has 1 fully saturated rings. The van der Waals surface area contributed by atoms with E-state index in [4.69, 9.17) is 10.7 Å². The van der Waals surface area contributed by atoms with Gasteiger partial charge in [-0.2, -0.15) is 0 Å². The zero-order valence-corrected chi connectivity index (χ0v) is 17.8. The van der Waals surface area contributed by atoms with Gasteiger partial charge in [-0.15, -0.1) is 0 Å². The summed E-state index contributed by atoms with van der Waals surface area (Å²) in [5, 5.41) is 0. The summed E-state index contributed by atoms with van der Waals surface area (Å²) in [5.41, 5.74) is 11.6. The van der Waals surface area contributed by atoms with E-state index in [2.05, 4.69) is 39.0 Å². The van der Waals surface area contributed by atoms with Crippen molar-refractivity contribution < 1.29 is 0 Å². The number of H-pyrrole nitrogens is 1. The van der Waals surface area contributed by atoms with Crippen LogP contribution in [0.4, 0.5) is 11.4 Å². The van der Waals surface area contributed by atoms with E-state index in [1.807, 2.05) is 24.3 Å².